The fourth-order valence-corrected chi connectivity index (χ4v) is 1.82. The minimum Gasteiger partial charge on any atom is -0.480 e. The number of rotatable bonds is 7. The molecule has 18 heavy (non-hydrogen) atoms. The molecule has 1 amide bonds. The van der Waals surface area contributed by atoms with Crippen LogP contribution in [0.3, 0.4) is 0 Å². The number of hydrogen-bond donors (Lipinski definition) is 2. The Balaban J connectivity index is 4.79. The molecule has 0 rings (SSSR count). The number of carbonyl (C=O) groups excluding carboxylic acids is 1. The van der Waals surface area contributed by atoms with Crippen molar-refractivity contribution in [1.29, 1.82) is 0 Å². The highest BCUT2D eigenvalue weighted by molar-refractivity contribution is 5.83. The lowest BCUT2D eigenvalue weighted by atomic mass is 9.84. The third kappa shape index (κ3) is 6.39. The molecule has 1 atom stereocenters. The van der Waals surface area contributed by atoms with Crippen LogP contribution in [0.5, 0.6) is 0 Å². The van der Waals surface area contributed by atoms with Crippen molar-refractivity contribution >= 4 is 11.9 Å². The van der Waals surface area contributed by atoms with E-state index in [0.717, 1.165) is 0 Å². The summed E-state index contributed by atoms with van der Waals surface area (Å²) < 4.78 is 0. The van der Waals surface area contributed by atoms with Gasteiger partial charge in [-0.1, -0.05) is 26.8 Å². The number of hydrogen-bond acceptors (Lipinski definition) is 3. The summed E-state index contributed by atoms with van der Waals surface area (Å²) in [7, 11) is 0. The zero-order valence-corrected chi connectivity index (χ0v) is 11.5. The summed E-state index contributed by atoms with van der Waals surface area (Å²) in [6, 6.07) is 0. The van der Waals surface area contributed by atoms with Crippen molar-refractivity contribution in [2.45, 2.75) is 27.2 Å². The van der Waals surface area contributed by atoms with Gasteiger partial charge in [0.25, 0.3) is 0 Å². The van der Waals surface area contributed by atoms with Gasteiger partial charge < -0.3 is 15.7 Å². The van der Waals surface area contributed by atoms with Crippen LogP contribution in [0.1, 0.15) is 27.2 Å². The Morgan fingerprint density at radius 2 is 2.00 bits per heavy atom. The van der Waals surface area contributed by atoms with Crippen LogP contribution >= 0.6 is 0 Å². The Labute approximate surface area is 109 Å². The van der Waals surface area contributed by atoms with Gasteiger partial charge in [0.1, 0.15) is 6.54 Å². The van der Waals surface area contributed by atoms with Gasteiger partial charge in [0.05, 0.1) is 5.92 Å². The molecule has 1 unspecified atom stereocenters. The first-order valence-corrected chi connectivity index (χ1v) is 6.02. The van der Waals surface area contributed by atoms with Gasteiger partial charge in [-0.2, -0.15) is 0 Å². The van der Waals surface area contributed by atoms with Crippen molar-refractivity contribution < 1.29 is 14.7 Å². The maximum Gasteiger partial charge on any atom is 0.323 e. The molecular weight excluding hydrogens is 232 g/mol. The summed E-state index contributed by atoms with van der Waals surface area (Å²) in [6.45, 7) is 9.75. The number of carbonyl (C=O) groups is 2. The Morgan fingerprint density at radius 1 is 1.44 bits per heavy atom. The molecule has 0 heterocycles. The molecule has 0 fully saturated rings. The molecule has 0 aromatic carbocycles. The van der Waals surface area contributed by atoms with Gasteiger partial charge in [-0.05, 0) is 11.8 Å². The molecule has 5 heteroatoms. The summed E-state index contributed by atoms with van der Waals surface area (Å²) in [5.74, 6) is -1.59. The first-order chi connectivity index (χ1) is 8.21. The van der Waals surface area contributed by atoms with E-state index in [9.17, 15) is 9.59 Å². The zero-order valence-electron chi connectivity index (χ0n) is 11.5. The minimum atomic E-state index is -1.03. The largest absolute Gasteiger partial charge is 0.480 e. The van der Waals surface area contributed by atoms with Crippen LogP contribution in [0.2, 0.25) is 0 Å². The predicted molar refractivity (Wildman–Crippen MR) is 71.0 cm³/mol. The summed E-state index contributed by atoms with van der Waals surface area (Å²) in [6.07, 6.45) is 2.15. The third-order valence-electron chi connectivity index (χ3n) is 2.48. The molecular formula is C13H24N2O3. The van der Waals surface area contributed by atoms with Crippen LogP contribution in [0.4, 0.5) is 0 Å². The quantitative estimate of drug-likeness (QED) is 0.668. The Hall–Kier alpha value is -1.36. The number of carboxylic acid groups (broad SMARTS) is 1. The SMILES string of the molecule is C=CCN(CC(=O)O)C(=O)C(CN)CC(C)(C)C. The number of nitrogens with two attached hydrogens (primary N) is 1. The van der Waals surface area contributed by atoms with Crippen molar-refractivity contribution in [3.8, 4) is 0 Å². The van der Waals surface area contributed by atoms with Gasteiger partial charge >= 0.3 is 5.97 Å². The summed E-state index contributed by atoms with van der Waals surface area (Å²) in [5.41, 5.74) is 5.60. The number of amides is 1. The van der Waals surface area contributed by atoms with Crippen LogP contribution in [0, 0.1) is 11.3 Å². The lowest BCUT2D eigenvalue weighted by molar-refractivity contribution is -0.146. The van der Waals surface area contributed by atoms with Crippen LogP contribution in [-0.2, 0) is 9.59 Å². The molecule has 0 saturated carbocycles. The molecule has 0 aliphatic heterocycles. The van der Waals surface area contributed by atoms with E-state index in [-0.39, 0.29) is 36.9 Å². The average molecular weight is 256 g/mol. The van der Waals surface area contributed by atoms with Crippen LogP contribution in [-0.4, -0.2) is 41.5 Å². The highest BCUT2D eigenvalue weighted by Gasteiger charge is 2.28. The Bertz CT molecular complexity index is 308. The van der Waals surface area contributed by atoms with Gasteiger partial charge in [-0.15, -0.1) is 6.58 Å². The second-order valence-corrected chi connectivity index (χ2v) is 5.60. The molecule has 0 saturated heterocycles. The van der Waals surface area contributed by atoms with E-state index in [2.05, 4.69) is 6.58 Å². The Morgan fingerprint density at radius 3 is 2.33 bits per heavy atom. The molecule has 0 radical (unpaired) electrons. The molecule has 0 aromatic heterocycles. The highest BCUT2D eigenvalue weighted by atomic mass is 16.4. The smallest absolute Gasteiger partial charge is 0.323 e. The van der Waals surface area contributed by atoms with E-state index in [1.807, 2.05) is 20.8 Å². The molecule has 0 aliphatic carbocycles. The van der Waals surface area contributed by atoms with E-state index in [1.54, 1.807) is 0 Å². The molecule has 0 spiro atoms. The first-order valence-electron chi connectivity index (χ1n) is 6.02. The first kappa shape index (κ1) is 16.6. The molecule has 0 aliphatic rings. The fourth-order valence-electron chi connectivity index (χ4n) is 1.82. The molecule has 0 aromatic rings. The summed E-state index contributed by atoms with van der Waals surface area (Å²) >= 11 is 0. The lowest BCUT2D eigenvalue weighted by Gasteiger charge is -2.28. The van der Waals surface area contributed by atoms with Crippen molar-refractivity contribution in [3.05, 3.63) is 12.7 Å². The monoisotopic (exact) mass is 256 g/mol. The zero-order chi connectivity index (χ0) is 14.3. The second kappa shape index (κ2) is 7.16. The van der Waals surface area contributed by atoms with Gasteiger partial charge in [-0.25, -0.2) is 0 Å². The van der Waals surface area contributed by atoms with E-state index in [1.165, 1.54) is 11.0 Å². The molecule has 3 N–H and O–H groups in total. The van der Waals surface area contributed by atoms with Crippen LogP contribution in [0.15, 0.2) is 12.7 Å². The van der Waals surface area contributed by atoms with E-state index < -0.39 is 5.97 Å². The van der Waals surface area contributed by atoms with Crippen molar-refractivity contribution in [3.63, 3.8) is 0 Å². The van der Waals surface area contributed by atoms with Gasteiger partial charge in [0.15, 0.2) is 0 Å². The van der Waals surface area contributed by atoms with E-state index in [4.69, 9.17) is 10.8 Å². The van der Waals surface area contributed by atoms with Crippen LogP contribution in [0.25, 0.3) is 0 Å². The van der Waals surface area contributed by atoms with Gasteiger partial charge in [0.2, 0.25) is 5.91 Å². The standard InChI is InChI=1S/C13H24N2O3/c1-5-6-15(9-11(16)17)12(18)10(8-14)7-13(2,3)4/h5,10H,1,6-9,14H2,2-4H3,(H,16,17). The summed E-state index contributed by atoms with van der Waals surface area (Å²) in [5, 5.41) is 8.79. The minimum absolute atomic E-state index is 0.0250. The predicted octanol–water partition coefficient (Wildman–Crippen LogP) is 1.10. The number of nitrogens with zero attached hydrogens (tertiary/aromatic N) is 1. The van der Waals surface area contributed by atoms with Crippen LogP contribution < -0.4 is 5.73 Å². The van der Waals surface area contributed by atoms with Crippen molar-refractivity contribution in [1.82, 2.24) is 4.90 Å². The van der Waals surface area contributed by atoms with Crippen molar-refractivity contribution in [2.75, 3.05) is 19.6 Å². The van der Waals surface area contributed by atoms with Gasteiger partial charge in [-0.3, -0.25) is 9.59 Å². The van der Waals surface area contributed by atoms with Crippen molar-refractivity contribution in [2.24, 2.45) is 17.1 Å². The topological polar surface area (TPSA) is 83.6 Å². The lowest BCUT2D eigenvalue weighted by Crippen LogP contribution is -2.43. The third-order valence-corrected chi connectivity index (χ3v) is 2.48. The second-order valence-electron chi connectivity index (χ2n) is 5.60. The average Bonchev–Trinajstić information content (AvgIpc) is 2.22. The summed E-state index contributed by atoms with van der Waals surface area (Å²) in [4.78, 5) is 24.2. The molecule has 104 valence electrons. The number of carboxylic acids is 1. The van der Waals surface area contributed by atoms with E-state index >= 15 is 0 Å². The maximum absolute atomic E-state index is 12.2. The number of aliphatic carboxylic acids is 1. The maximum atomic E-state index is 12.2. The van der Waals surface area contributed by atoms with Gasteiger partial charge in [0, 0.05) is 13.1 Å². The highest BCUT2D eigenvalue weighted by Crippen LogP contribution is 2.25. The molecule has 0 bridgehead atoms. The van der Waals surface area contributed by atoms with E-state index in [0.29, 0.717) is 6.42 Å². The fraction of sp³-hybridized carbons (Fsp3) is 0.692. The molecule has 5 nitrogen and oxygen atoms in total. The Kier molecular flexibility index (Phi) is 6.62. The normalized spacial score (nSPS) is 12.9.